The van der Waals surface area contributed by atoms with Gasteiger partial charge in [-0.1, -0.05) is 6.07 Å². The summed E-state index contributed by atoms with van der Waals surface area (Å²) in [5.74, 6) is 0.511. The quantitative estimate of drug-likeness (QED) is 0.655. The van der Waals surface area contributed by atoms with Crippen LogP contribution in [0.2, 0.25) is 0 Å². The molecule has 140 valence electrons. The smallest absolute Gasteiger partial charge is 0.403 e. The van der Waals surface area contributed by atoms with Crippen molar-refractivity contribution < 1.29 is 18.1 Å². The summed E-state index contributed by atoms with van der Waals surface area (Å²) in [6, 6.07) is 5.63. The Morgan fingerprint density at radius 3 is 2.32 bits per heavy atom. The van der Waals surface area contributed by atoms with E-state index in [2.05, 4.69) is 9.88 Å². The number of rotatable bonds is 9. The number of phosphoric acid groups is 1. The van der Waals surface area contributed by atoms with E-state index in [-0.39, 0.29) is 12.2 Å². The van der Waals surface area contributed by atoms with Crippen LogP contribution in [-0.4, -0.2) is 42.7 Å². The van der Waals surface area contributed by atoms with Crippen LogP contribution in [0.5, 0.6) is 5.75 Å². The first kappa shape index (κ1) is 20.0. The Hall–Kier alpha value is -1.33. The normalized spacial score (nSPS) is 12.7. The van der Waals surface area contributed by atoms with Crippen molar-refractivity contribution in [2.24, 2.45) is 0 Å². The monoisotopic (exact) mass is 368 g/mol. The molecule has 2 aromatic rings. The van der Waals surface area contributed by atoms with Crippen LogP contribution < -0.4 is 4.52 Å². The second-order valence-corrected chi connectivity index (χ2v) is 8.39. The lowest BCUT2D eigenvalue weighted by Crippen LogP contribution is -2.15. The summed E-state index contributed by atoms with van der Waals surface area (Å²) in [5, 5.41) is 0.921. The van der Waals surface area contributed by atoms with Crippen molar-refractivity contribution in [3.63, 3.8) is 0 Å². The molecule has 0 atom stereocenters. The summed E-state index contributed by atoms with van der Waals surface area (Å²) in [6.45, 7) is 8.13. The number of nitrogens with zero attached hydrogens (tertiary/aromatic N) is 1. The van der Waals surface area contributed by atoms with Crippen LogP contribution in [0.25, 0.3) is 10.9 Å². The first-order valence-electron chi connectivity index (χ1n) is 8.60. The van der Waals surface area contributed by atoms with Crippen molar-refractivity contribution in [1.82, 2.24) is 9.88 Å². The van der Waals surface area contributed by atoms with Crippen LogP contribution in [0.3, 0.4) is 0 Å². The Morgan fingerprint density at radius 1 is 1.12 bits per heavy atom. The largest absolute Gasteiger partial charge is 0.530 e. The van der Waals surface area contributed by atoms with Crippen LogP contribution in [0.1, 0.15) is 33.3 Å². The molecule has 0 fully saturated rings. The zero-order chi connectivity index (χ0) is 18.6. The van der Waals surface area contributed by atoms with Crippen LogP contribution >= 0.6 is 7.82 Å². The fourth-order valence-electron chi connectivity index (χ4n) is 2.54. The van der Waals surface area contributed by atoms with E-state index in [0.717, 1.165) is 29.4 Å². The van der Waals surface area contributed by atoms with Crippen LogP contribution in [-0.2, 0) is 20.0 Å². The van der Waals surface area contributed by atoms with E-state index in [0.29, 0.717) is 5.75 Å². The summed E-state index contributed by atoms with van der Waals surface area (Å²) in [4.78, 5) is 5.37. The second kappa shape index (κ2) is 8.37. The van der Waals surface area contributed by atoms with E-state index < -0.39 is 7.82 Å². The van der Waals surface area contributed by atoms with Gasteiger partial charge in [-0.3, -0.25) is 9.05 Å². The first-order chi connectivity index (χ1) is 11.7. The number of phosphoric ester groups is 1. The molecule has 0 saturated carbocycles. The van der Waals surface area contributed by atoms with E-state index in [1.807, 2.05) is 32.4 Å². The zero-order valence-electron chi connectivity index (χ0n) is 15.9. The number of aromatic amines is 1. The summed E-state index contributed by atoms with van der Waals surface area (Å²) in [6.07, 6.45) is 2.28. The Labute approximate surface area is 150 Å². The van der Waals surface area contributed by atoms with Gasteiger partial charge in [-0.15, -0.1) is 0 Å². The van der Waals surface area contributed by atoms with Crippen molar-refractivity contribution in [2.75, 3.05) is 20.6 Å². The topological polar surface area (TPSA) is 63.8 Å². The number of hydrogen-bond acceptors (Lipinski definition) is 5. The molecule has 0 bridgehead atoms. The van der Waals surface area contributed by atoms with Crippen molar-refractivity contribution in [1.29, 1.82) is 0 Å². The highest BCUT2D eigenvalue weighted by atomic mass is 31.2. The predicted molar refractivity (Wildman–Crippen MR) is 101 cm³/mol. The Balaban J connectivity index is 2.37. The molecule has 1 aromatic heterocycles. The predicted octanol–water partition coefficient (Wildman–Crippen LogP) is 4.61. The van der Waals surface area contributed by atoms with Crippen molar-refractivity contribution in [2.45, 2.75) is 46.3 Å². The molecule has 25 heavy (non-hydrogen) atoms. The molecule has 6 nitrogen and oxygen atoms in total. The molecular weight excluding hydrogens is 339 g/mol. The maximum absolute atomic E-state index is 13.1. The van der Waals surface area contributed by atoms with Crippen molar-refractivity contribution in [3.05, 3.63) is 30.0 Å². The van der Waals surface area contributed by atoms with Crippen molar-refractivity contribution in [3.8, 4) is 5.75 Å². The molecule has 0 radical (unpaired) electrons. The average Bonchev–Trinajstić information content (AvgIpc) is 2.87. The highest BCUT2D eigenvalue weighted by Gasteiger charge is 2.32. The third kappa shape index (κ3) is 5.58. The molecule has 0 saturated heterocycles. The molecule has 2 rings (SSSR count). The van der Waals surface area contributed by atoms with Gasteiger partial charge in [0.2, 0.25) is 0 Å². The first-order valence-corrected chi connectivity index (χ1v) is 10.1. The Morgan fingerprint density at radius 2 is 1.76 bits per heavy atom. The lowest BCUT2D eigenvalue weighted by molar-refractivity contribution is 0.104. The minimum absolute atomic E-state index is 0.275. The average molecular weight is 368 g/mol. The van der Waals surface area contributed by atoms with Gasteiger partial charge in [-0.2, -0.15) is 0 Å². The molecule has 7 heteroatoms. The number of hydrogen-bond donors (Lipinski definition) is 1. The molecule has 0 spiro atoms. The highest BCUT2D eigenvalue weighted by Crippen LogP contribution is 2.52. The molecular formula is C18H29N2O4P. The van der Waals surface area contributed by atoms with Crippen LogP contribution in [0.15, 0.2) is 24.4 Å². The minimum atomic E-state index is -3.72. The lowest BCUT2D eigenvalue weighted by atomic mass is 10.1. The van der Waals surface area contributed by atoms with Crippen LogP contribution in [0, 0.1) is 0 Å². The molecule has 1 N–H and O–H groups in total. The summed E-state index contributed by atoms with van der Waals surface area (Å²) in [5.41, 5.74) is 2.05. The molecule has 1 heterocycles. The van der Waals surface area contributed by atoms with Gasteiger partial charge in [0, 0.05) is 23.6 Å². The standard InChI is InChI=1S/C18H29N2O4P/c1-13(2)22-25(21,23-14(3)4)24-17-9-7-8-16-18(17)15(12-19-16)10-11-20(5)6/h7-9,12-14,19H,10-11H2,1-6H3. The number of H-pyrrole nitrogens is 1. The van der Waals surface area contributed by atoms with Gasteiger partial charge >= 0.3 is 7.82 Å². The van der Waals surface area contributed by atoms with Gasteiger partial charge in [-0.05, 0) is 65.9 Å². The number of likely N-dealkylation sites (N-methyl/N-ethyl adjacent to an activating group) is 1. The van der Waals surface area contributed by atoms with Gasteiger partial charge in [0.05, 0.1) is 12.2 Å². The lowest BCUT2D eigenvalue weighted by Gasteiger charge is -2.22. The zero-order valence-corrected chi connectivity index (χ0v) is 16.8. The molecule has 0 aliphatic carbocycles. The van der Waals surface area contributed by atoms with E-state index in [1.165, 1.54) is 0 Å². The fourth-order valence-corrected chi connectivity index (χ4v) is 4.10. The maximum Gasteiger partial charge on any atom is 0.530 e. The minimum Gasteiger partial charge on any atom is -0.403 e. The van der Waals surface area contributed by atoms with Gasteiger partial charge in [0.1, 0.15) is 5.75 Å². The van der Waals surface area contributed by atoms with E-state index in [4.69, 9.17) is 13.6 Å². The van der Waals surface area contributed by atoms with Gasteiger partial charge in [0.15, 0.2) is 0 Å². The van der Waals surface area contributed by atoms with Gasteiger partial charge < -0.3 is 14.4 Å². The molecule has 0 aliphatic rings. The molecule has 0 unspecified atom stereocenters. The summed E-state index contributed by atoms with van der Waals surface area (Å²) in [7, 11) is 0.355. The van der Waals surface area contributed by atoms with E-state index in [1.54, 1.807) is 33.8 Å². The number of fused-ring (bicyclic) bond motifs is 1. The number of nitrogens with one attached hydrogen (secondary N) is 1. The van der Waals surface area contributed by atoms with E-state index in [9.17, 15) is 4.57 Å². The van der Waals surface area contributed by atoms with Gasteiger partial charge in [0.25, 0.3) is 0 Å². The summed E-state index contributed by atoms with van der Waals surface area (Å²) < 4.78 is 29.9. The third-order valence-electron chi connectivity index (χ3n) is 3.47. The molecule has 0 aliphatic heterocycles. The summed E-state index contributed by atoms with van der Waals surface area (Å²) >= 11 is 0. The van der Waals surface area contributed by atoms with E-state index >= 15 is 0 Å². The van der Waals surface area contributed by atoms with Gasteiger partial charge in [-0.25, -0.2) is 4.57 Å². The molecule has 0 amide bonds. The van der Waals surface area contributed by atoms with Crippen molar-refractivity contribution >= 4 is 18.7 Å². The number of aromatic nitrogens is 1. The van der Waals surface area contributed by atoms with Crippen LogP contribution in [0.4, 0.5) is 0 Å². The highest BCUT2D eigenvalue weighted by molar-refractivity contribution is 7.49. The Kier molecular flexibility index (Phi) is 6.69. The maximum atomic E-state index is 13.1. The number of benzene rings is 1. The Bertz CT molecular complexity index is 726. The SMILES string of the molecule is CC(C)OP(=O)(Oc1cccc2[nH]cc(CCN(C)C)c12)OC(C)C. The fraction of sp³-hybridized carbons (Fsp3) is 0.556. The third-order valence-corrected chi connectivity index (χ3v) is 5.25. The molecule has 1 aromatic carbocycles. The second-order valence-electron chi connectivity index (χ2n) is 6.89.